The largest absolute Gasteiger partial charge is 0.464 e. The zero-order valence-corrected chi connectivity index (χ0v) is 15.7. The molecule has 0 spiro atoms. The van der Waals surface area contributed by atoms with Crippen molar-refractivity contribution >= 4 is 23.7 Å². The third kappa shape index (κ3) is 6.72. The number of ether oxygens (including phenoxy) is 1. The first kappa shape index (κ1) is 20.9. The highest BCUT2D eigenvalue weighted by atomic mass is 16.5. The molecule has 0 aliphatic heterocycles. The van der Waals surface area contributed by atoms with Crippen molar-refractivity contribution in [2.24, 2.45) is 5.16 Å². The normalized spacial score (nSPS) is 12.5. The number of nitrogens with zero attached hydrogens (tertiary/aromatic N) is 1. The summed E-state index contributed by atoms with van der Waals surface area (Å²) >= 11 is 0. The zero-order chi connectivity index (χ0) is 20.2. The molecule has 2 aromatic rings. The van der Waals surface area contributed by atoms with Gasteiger partial charge >= 0.3 is 5.97 Å². The number of allylic oxidation sites excluding steroid dienone is 1. The molecule has 0 aromatic heterocycles. The van der Waals surface area contributed by atoms with Crippen molar-refractivity contribution in [3.63, 3.8) is 0 Å². The van der Waals surface area contributed by atoms with Crippen molar-refractivity contribution in [2.75, 3.05) is 6.61 Å². The van der Waals surface area contributed by atoms with Gasteiger partial charge in [0.25, 0.3) is 5.91 Å². The summed E-state index contributed by atoms with van der Waals surface area (Å²) in [5.74, 6) is -1.15. The van der Waals surface area contributed by atoms with E-state index < -0.39 is 17.9 Å². The number of rotatable bonds is 9. The van der Waals surface area contributed by atoms with Crippen LogP contribution in [0.1, 0.15) is 24.5 Å². The van der Waals surface area contributed by atoms with Gasteiger partial charge in [0.1, 0.15) is 11.8 Å². The summed E-state index contributed by atoms with van der Waals surface area (Å²) in [6.07, 6.45) is 3.95. The number of nitrogens with one attached hydrogen (secondary N) is 1. The van der Waals surface area contributed by atoms with Crippen LogP contribution in [0.25, 0.3) is 6.08 Å². The summed E-state index contributed by atoms with van der Waals surface area (Å²) in [4.78, 5) is 24.7. The minimum Gasteiger partial charge on any atom is -0.464 e. The number of hydrogen-bond donors (Lipinski definition) is 2. The Morgan fingerprint density at radius 3 is 2.36 bits per heavy atom. The molecule has 0 bridgehead atoms. The summed E-state index contributed by atoms with van der Waals surface area (Å²) in [5.41, 5.74) is 1.76. The fourth-order valence-electron chi connectivity index (χ4n) is 2.58. The maximum atomic E-state index is 12.5. The molecule has 2 aromatic carbocycles. The maximum Gasteiger partial charge on any atom is 0.328 e. The molecule has 1 amide bonds. The second-order valence-corrected chi connectivity index (χ2v) is 6.03. The Hall–Kier alpha value is -3.41. The smallest absolute Gasteiger partial charge is 0.328 e. The molecule has 0 aliphatic rings. The topological polar surface area (TPSA) is 88.0 Å². The molecule has 0 aliphatic carbocycles. The predicted molar refractivity (Wildman–Crippen MR) is 108 cm³/mol. The highest BCUT2D eigenvalue weighted by Crippen LogP contribution is 2.06. The standard InChI is InChI=1S/C22H24N2O4/c1-2-28-22(26)20(16-18-12-7-4-8-13-18)23-21(25)19(24-27)15-9-14-17-10-5-3-6-11-17/h3-14,20,27H,2,15-16H2,1H3,(H,23,25)/b14-9+,24-19+/t20-/m0/s1. The van der Waals surface area contributed by atoms with Crippen LogP contribution in [0, 0.1) is 0 Å². The molecular formula is C22H24N2O4. The molecule has 6 heteroatoms. The lowest BCUT2D eigenvalue weighted by Gasteiger charge is -2.17. The van der Waals surface area contributed by atoms with E-state index in [1.165, 1.54) is 0 Å². The Kier molecular flexibility index (Phi) is 8.46. The minimum absolute atomic E-state index is 0.0884. The Morgan fingerprint density at radius 2 is 1.75 bits per heavy atom. The lowest BCUT2D eigenvalue weighted by molar-refractivity contribution is -0.146. The number of amides is 1. The van der Waals surface area contributed by atoms with E-state index in [-0.39, 0.29) is 25.2 Å². The van der Waals surface area contributed by atoms with E-state index in [1.54, 1.807) is 13.0 Å². The van der Waals surface area contributed by atoms with Gasteiger partial charge in [0.05, 0.1) is 6.61 Å². The molecule has 0 saturated heterocycles. The van der Waals surface area contributed by atoms with Crippen LogP contribution in [0.2, 0.25) is 0 Å². The summed E-state index contributed by atoms with van der Waals surface area (Å²) in [5, 5.41) is 14.9. The van der Waals surface area contributed by atoms with E-state index in [9.17, 15) is 14.8 Å². The summed E-state index contributed by atoms with van der Waals surface area (Å²) < 4.78 is 5.06. The fourth-order valence-corrected chi connectivity index (χ4v) is 2.58. The molecule has 2 rings (SSSR count). The number of oxime groups is 1. The van der Waals surface area contributed by atoms with Gasteiger partial charge in [-0.3, -0.25) is 4.79 Å². The van der Waals surface area contributed by atoms with E-state index in [2.05, 4.69) is 10.5 Å². The van der Waals surface area contributed by atoms with Crippen molar-refractivity contribution in [3.05, 3.63) is 77.9 Å². The SMILES string of the molecule is CCOC(=O)[C@H](Cc1ccccc1)NC(=O)/C(C/C=C/c1ccccc1)=N/O. The van der Waals surface area contributed by atoms with Crippen LogP contribution in [0.15, 0.2) is 71.9 Å². The van der Waals surface area contributed by atoms with Crippen molar-refractivity contribution < 1.29 is 19.5 Å². The first-order valence-corrected chi connectivity index (χ1v) is 9.08. The summed E-state index contributed by atoms with van der Waals surface area (Å²) in [6, 6.07) is 18.0. The average Bonchev–Trinajstić information content (AvgIpc) is 2.72. The predicted octanol–water partition coefficient (Wildman–Crippen LogP) is 3.21. The van der Waals surface area contributed by atoms with Crippen LogP contribution in [0.5, 0.6) is 0 Å². The number of benzene rings is 2. The van der Waals surface area contributed by atoms with E-state index in [1.807, 2.05) is 66.7 Å². The van der Waals surface area contributed by atoms with Gasteiger partial charge in [-0.05, 0) is 18.1 Å². The third-order valence-electron chi connectivity index (χ3n) is 3.96. The quantitative estimate of drug-likeness (QED) is 0.303. The third-order valence-corrected chi connectivity index (χ3v) is 3.96. The summed E-state index contributed by atoms with van der Waals surface area (Å²) in [7, 11) is 0. The van der Waals surface area contributed by atoms with Gasteiger partial charge in [0.2, 0.25) is 0 Å². The molecule has 6 nitrogen and oxygen atoms in total. The summed E-state index contributed by atoms with van der Waals surface area (Å²) in [6.45, 7) is 1.91. The van der Waals surface area contributed by atoms with Crippen LogP contribution < -0.4 is 5.32 Å². The first-order valence-electron chi connectivity index (χ1n) is 9.08. The monoisotopic (exact) mass is 380 g/mol. The lowest BCUT2D eigenvalue weighted by atomic mass is 10.1. The van der Waals surface area contributed by atoms with Crippen LogP contribution >= 0.6 is 0 Å². The molecule has 28 heavy (non-hydrogen) atoms. The van der Waals surface area contributed by atoms with Gasteiger partial charge in [0.15, 0.2) is 0 Å². The molecule has 0 fully saturated rings. The Bertz CT molecular complexity index is 817. The number of hydrogen-bond acceptors (Lipinski definition) is 5. The van der Waals surface area contributed by atoms with E-state index >= 15 is 0 Å². The number of carbonyl (C=O) groups excluding carboxylic acids is 2. The molecule has 2 N–H and O–H groups in total. The number of esters is 1. The van der Waals surface area contributed by atoms with E-state index in [4.69, 9.17) is 4.74 Å². The van der Waals surface area contributed by atoms with Crippen molar-refractivity contribution in [1.29, 1.82) is 0 Å². The second-order valence-electron chi connectivity index (χ2n) is 6.03. The van der Waals surface area contributed by atoms with Gasteiger partial charge in [-0.25, -0.2) is 4.79 Å². The molecule has 1 atom stereocenters. The first-order chi connectivity index (χ1) is 13.6. The average molecular weight is 380 g/mol. The number of carbonyl (C=O) groups is 2. The van der Waals surface area contributed by atoms with Crippen LogP contribution in [-0.4, -0.2) is 35.4 Å². The fraction of sp³-hybridized carbons (Fsp3) is 0.227. The molecule has 0 saturated carbocycles. The van der Waals surface area contributed by atoms with E-state index in [0.29, 0.717) is 0 Å². The van der Waals surface area contributed by atoms with Crippen molar-refractivity contribution in [3.8, 4) is 0 Å². The molecule has 146 valence electrons. The van der Waals surface area contributed by atoms with Crippen molar-refractivity contribution in [1.82, 2.24) is 5.32 Å². The van der Waals surface area contributed by atoms with Gasteiger partial charge in [-0.15, -0.1) is 0 Å². The highest BCUT2D eigenvalue weighted by molar-refractivity contribution is 6.39. The second kappa shape index (κ2) is 11.3. The molecular weight excluding hydrogens is 356 g/mol. The highest BCUT2D eigenvalue weighted by Gasteiger charge is 2.24. The molecule has 0 heterocycles. The van der Waals surface area contributed by atoms with Crippen molar-refractivity contribution in [2.45, 2.75) is 25.8 Å². The Balaban J connectivity index is 2.03. The van der Waals surface area contributed by atoms with Gasteiger partial charge in [-0.2, -0.15) is 0 Å². The van der Waals surface area contributed by atoms with Crippen LogP contribution in [0.4, 0.5) is 0 Å². The molecule has 0 unspecified atom stereocenters. The Morgan fingerprint density at radius 1 is 1.11 bits per heavy atom. The lowest BCUT2D eigenvalue weighted by Crippen LogP contribution is -2.46. The maximum absolute atomic E-state index is 12.5. The van der Waals surface area contributed by atoms with Crippen LogP contribution in [0.3, 0.4) is 0 Å². The van der Waals surface area contributed by atoms with E-state index in [0.717, 1.165) is 11.1 Å². The Labute approximate surface area is 164 Å². The van der Waals surface area contributed by atoms with Gasteiger partial charge < -0.3 is 15.3 Å². The minimum atomic E-state index is -0.871. The van der Waals surface area contributed by atoms with Crippen LogP contribution in [-0.2, 0) is 20.7 Å². The molecule has 0 radical (unpaired) electrons. The zero-order valence-electron chi connectivity index (χ0n) is 15.7. The van der Waals surface area contributed by atoms with Gasteiger partial charge in [-0.1, -0.05) is 78.0 Å². The van der Waals surface area contributed by atoms with Gasteiger partial charge in [0, 0.05) is 12.8 Å².